The first kappa shape index (κ1) is 38.9. The van der Waals surface area contributed by atoms with Crippen LogP contribution in [0.4, 0.5) is 17.1 Å². The van der Waals surface area contributed by atoms with Crippen LogP contribution in [0.3, 0.4) is 0 Å². The van der Waals surface area contributed by atoms with Gasteiger partial charge in [0.15, 0.2) is 0 Å². The third kappa shape index (κ3) is 6.84. The third-order valence-corrected chi connectivity index (χ3v) is 13.0. The molecule has 0 bridgehead atoms. The van der Waals surface area contributed by atoms with Crippen molar-refractivity contribution in [3.05, 3.63) is 267 Å². The average molecular weight is 841 g/mol. The predicted molar refractivity (Wildman–Crippen MR) is 280 cm³/mol. The van der Waals surface area contributed by atoms with E-state index in [0.29, 0.717) is 0 Å². The van der Waals surface area contributed by atoms with Crippen LogP contribution in [0.2, 0.25) is 0 Å². The summed E-state index contributed by atoms with van der Waals surface area (Å²) in [5.74, 6) is 0. The minimum atomic E-state index is 1.07. The zero-order valence-electron chi connectivity index (χ0n) is 36.3. The molecule has 0 fully saturated rings. The van der Waals surface area contributed by atoms with Gasteiger partial charge in [-0.15, -0.1) is 0 Å². The Labute approximate surface area is 385 Å². The molecule has 0 atom stereocenters. The summed E-state index contributed by atoms with van der Waals surface area (Å²) in [5.41, 5.74) is 18.6. The van der Waals surface area contributed by atoms with Gasteiger partial charge in [0.05, 0.1) is 16.7 Å². The van der Waals surface area contributed by atoms with E-state index in [0.717, 1.165) is 33.9 Å². The van der Waals surface area contributed by atoms with Gasteiger partial charge in [-0.2, -0.15) is 0 Å². The maximum absolute atomic E-state index is 2.43. The van der Waals surface area contributed by atoms with Crippen LogP contribution in [-0.2, 0) is 0 Å². The molecule has 66 heavy (non-hydrogen) atoms. The molecule has 1 aromatic heterocycles. The molecular formula is C64H44N2. The molecule has 0 N–H and O–H groups in total. The summed E-state index contributed by atoms with van der Waals surface area (Å²) in [5, 5.41) is 4.99. The van der Waals surface area contributed by atoms with E-state index in [9.17, 15) is 0 Å². The predicted octanol–water partition coefficient (Wildman–Crippen LogP) is 17.7. The first-order valence-corrected chi connectivity index (χ1v) is 22.7. The molecule has 0 saturated heterocycles. The highest BCUT2D eigenvalue weighted by Crippen LogP contribution is 2.49. The lowest BCUT2D eigenvalue weighted by Gasteiger charge is -2.29. The molecule has 0 aliphatic carbocycles. The molecule has 1 heterocycles. The van der Waals surface area contributed by atoms with Gasteiger partial charge < -0.3 is 9.47 Å². The van der Waals surface area contributed by atoms with E-state index < -0.39 is 0 Å². The third-order valence-electron chi connectivity index (χ3n) is 13.0. The molecule has 0 radical (unpaired) electrons. The van der Waals surface area contributed by atoms with Crippen molar-refractivity contribution < 1.29 is 0 Å². The van der Waals surface area contributed by atoms with Crippen LogP contribution in [0.15, 0.2) is 267 Å². The minimum absolute atomic E-state index is 1.07. The lowest BCUT2D eigenvalue weighted by Crippen LogP contribution is -2.11. The number of anilines is 3. The Kier molecular flexibility index (Phi) is 9.89. The molecule has 2 nitrogen and oxygen atoms in total. The second-order valence-electron chi connectivity index (χ2n) is 16.8. The first-order valence-electron chi connectivity index (χ1n) is 22.7. The zero-order valence-corrected chi connectivity index (χ0v) is 36.3. The van der Waals surface area contributed by atoms with Crippen molar-refractivity contribution in [2.75, 3.05) is 4.90 Å². The van der Waals surface area contributed by atoms with Crippen molar-refractivity contribution in [2.24, 2.45) is 0 Å². The quantitative estimate of drug-likeness (QED) is 0.141. The molecule has 11 aromatic carbocycles. The normalized spacial score (nSPS) is 11.3. The molecule has 0 saturated carbocycles. The van der Waals surface area contributed by atoms with Crippen LogP contribution in [0, 0.1) is 0 Å². The Hall–Kier alpha value is -8.72. The van der Waals surface area contributed by atoms with Crippen molar-refractivity contribution in [1.82, 2.24) is 4.57 Å². The molecule has 0 amide bonds. The molecule has 12 aromatic rings. The lowest BCUT2D eigenvalue weighted by molar-refractivity contribution is 1.17. The molecule has 0 unspecified atom stereocenters. The second-order valence-corrected chi connectivity index (χ2v) is 16.8. The number of nitrogens with zero attached hydrogens (tertiary/aromatic N) is 2. The summed E-state index contributed by atoms with van der Waals surface area (Å²) in [4.78, 5) is 2.43. The van der Waals surface area contributed by atoms with E-state index in [1.807, 2.05) is 0 Å². The van der Waals surface area contributed by atoms with E-state index in [1.165, 1.54) is 77.1 Å². The number of fused-ring (bicyclic) bond motifs is 4. The van der Waals surface area contributed by atoms with Gasteiger partial charge in [0.1, 0.15) is 0 Å². The van der Waals surface area contributed by atoms with E-state index >= 15 is 0 Å². The average Bonchev–Trinajstić information content (AvgIpc) is 3.74. The molecule has 12 rings (SSSR count). The lowest BCUT2D eigenvalue weighted by atomic mass is 9.84. The highest BCUT2D eigenvalue weighted by molar-refractivity contribution is 6.09. The number of hydrogen-bond acceptors (Lipinski definition) is 1. The van der Waals surface area contributed by atoms with Crippen molar-refractivity contribution >= 4 is 49.6 Å². The van der Waals surface area contributed by atoms with Gasteiger partial charge >= 0.3 is 0 Å². The van der Waals surface area contributed by atoms with Crippen molar-refractivity contribution in [3.8, 4) is 61.3 Å². The minimum Gasteiger partial charge on any atom is -0.310 e. The maximum atomic E-state index is 2.43. The van der Waals surface area contributed by atoms with E-state index in [4.69, 9.17) is 0 Å². The van der Waals surface area contributed by atoms with E-state index in [2.05, 4.69) is 276 Å². The van der Waals surface area contributed by atoms with Crippen LogP contribution >= 0.6 is 0 Å². The van der Waals surface area contributed by atoms with Crippen LogP contribution in [0.5, 0.6) is 0 Å². The summed E-state index contributed by atoms with van der Waals surface area (Å²) in [6.45, 7) is 0. The first-order chi connectivity index (χ1) is 32.8. The van der Waals surface area contributed by atoms with Crippen molar-refractivity contribution in [1.29, 1.82) is 0 Å². The molecule has 0 spiro atoms. The van der Waals surface area contributed by atoms with E-state index in [-0.39, 0.29) is 0 Å². The Morgan fingerprint density at radius 3 is 1.38 bits per heavy atom. The number of aromatic nitrogens is 1. The number of hydrogen-bond donors (Lipinski definition) is 0. The number of rotatable bonds is 9. The Balaban J connectivity index is 1.07. The maximum Gasteiger partial charge on any atom is 0.0541 e. The summed E-state index contributed by atoms with van der Waals surface area (Å²) in [6.07, 6.45) is 0. The van der Waals surface area contributed by atoms with Gasteiger partial charge in [-0.3, -0.25) is 0 Å². The van der Waals surface area contributed by atoms with Gasteiger partial charge in [0.2, 0.25) is 0 Å². The fourth-order valence-corrected chi connectivity index (χ4v) is 10.0. The van der Waals surface area contributed by atoms with Crippen LogP contribution < -0.4 is 4.90 Å². The highest BCUT2D eigenvalue weighted by atomic mass is 15.1. The fraction of sp³-hybridized carbons (Fsp3) is 0. The van der Waals surface area contributed by atoms with Gasteiger partial charge in [0, 0.05) is 33.4 Å². The molecule has 310 valence electrons. The van der Waals surface area contributed by atoms with E-state index in [1.54, 1.807) is 0 Å². The number of para-hydroxylation sites is 3. The van der Waals surface area contributed by atoms with Crippen LogP contribution in [-0.4, -0.2) is 4.57 Å². The summed E-state index contributed by atoms with van der Waals surface area (Å²) >= 11 is 0. The fourth-order valence-electron chi connectivity index (χ4n) is 10.0. The molecular weight excluding hydrogens is 797 g/mol. The Morgan fingerprint density at radius 2 is 0.697 bits per heavy atom. The van der Waals surface area contributed by atoms with Crippen molar-refractivity contribution in [3.63, 3.8) is 0 Å². The van der Waals surface area contributed by atoms with Gasteiger partial charge in [-0.25, -0.2) is 0 Å². The Morgan fingerprint density at radius 1 is 0.258 bits per heavy atom. The van der Waals surface area contributed by atoms with Gasteiger partial charge in [-0.1, -0.05) is 212 Å². The molecule has 0 aliphatic heterocycles. The Bertz CT molecular complexity index is 3620. The topological polar surface area (TPSA) is 8.17 Å². The smallest absolute Gasteiger partial charge is 0.0541 e. The molecule has 2 heteroatoms. The standard InChI is InChI=1S/C64H44N2/c1-3-19-45(20-4-1)54-26-9-10-30-59(54)64-55(47-21-5-2-6-22-47)32-18-33-60(64)58-29-13-14-34-61(58)65(49-39-37-48(38-40-49)53-31-17-24-46-23-7-8-25-52(46)53)50-41-43-51(44-42-50)66-62-35-15-11-27-56(62)57-28-12-16-36-63(57)66/h1-44H. The number of benzene rings is 11. The summed E-state index contributed by atoms with van der Waals surface area (Å²) in [6, 6.07) is 97.0. The van der Waals surface area contributed by atoms with Crippen molar-refractivity contribution in [2.45, 2.75) is 0 Å². The second kappa shape index (κ2) is 16.8. The summed E-state index contributed by atoms with van der Waals surface area (Å²) < 4.78 is 2.39. The molecule has 0 aliphatic rings. The monoisotopic (exact) mass is 840 g/mol. The SMILES string of the molecule is c1ccc(-c2ccccc2-c2c(-c3ccccc3)cccc2-c2ccccc2N(c2ccc(-c3cccc4ccccc34)cc2)c2ccc(-n3c4ccccc4c4ccccc43)cc2)cc1. The summed E-state index contributed by atoms with van der Waals surface area (Å²) in [7, 11) is 0. The van der Waals surface area contributed by atoms with Crippen LogP contribution in [0.25, 0.3) is 93.9 Å². The van der Waals surface area contributed by atoms with Gasteiger partial charge in [0.25, 0.3) is 0 Å². The van der Waals surface area contributed by atoms with Crippen LogP contribution in [0.1, 0.15) is 0 Å². The largest absolute Gasteiger partial charge is 0.310 e. The van der Waals surface area contributed by atoms with Gasteiger partial charge in [-0.05, 0) is 115 Å². The zero-order chi connectivity index (χ0) is 43.8. The highest BCUT2D eigenvalue weighted by Gasteiger charge is 2.23.